The molecule has 0 aliphatic heterocycles. The lowest BCUT2D eigenvalue weighted by Gasteiger charge is -2.11. The molecule has 0 unspecified atom stereocenters. The van der Waals surface area contributed by atoms with Crippen LogP contribution in [0.1, 0.15) is 18.9 Å². The zero-order chi connectivity index (χ0) is 13.8. The summed E-state index contributed by atoms with van der Waals surface area (Å²) in [7, 11) is 0. The second kappa shape index (κ2) is 6.68. The Bertz CT molecular complexity index is 593. The predicted octanol–water partition coefficient (Wildman–Crippen LogP) is 5.40. The summed E-state index contributed by atoms with van der Waals surface area (Å²) in [5.74, 6) is 1.19. The Morgan fingerprint density at radius 1 is 1.26 bits per heavy atom. The van der Waals surface area contributed by atoms with E-state index in [4.69, 9.17) is 16.3 Å². The Labute approximate surface area is 133 Å². The van der Waals surface area contributed by atoms with Gasteiger partial charge in [0, 0.05) is 4.47 Å². The summed E-state index contributed by atoms with van der Waals surface area (Å²) < 4.78 is 7.65. The molecular formula is C13H11Br2ClN2O. The van der Waals surface area contributed by atoms with E-state index in [1.807, 2.05) is 18.2 Å². The summed E-state index contributed by atoms with van der Waals surface area (Å²) in [5.41, 5.74) is 0.835. The highest BCUT2D eigenvalue weighted by molar-refractivity contribution is 9.11. The first-order chi connectivity index (χ1) is 9.11. The zero-order valence-electron chi connectivity index (χ0n) is 10.2. The fourth-order valence-electron chi connectivity index (χ4n) is 1.59. The molecule has 0 saturated heterocycles. The summed E-state index contributed by atoms with van der Waals surface area (Å²) in [6.07, 6.45) is 3.14. The maximum Gasteiger partial charge on any atom is 0.227 e. The first kappa shape index (κ1) is 14.8. The van der Waals surface area contributed by atoms with Crippen molar-refractivity contribution in [3.8, 4) is 11.6 Å². The van der Waals surface area contributed by atoms with Gasteiger partial charge in [0.1, 0.15) is 17.2 Å². The predicted molar refractivity (Wildman–Crippen MR) is 83.0 cm³/mol. The van der Waals surface area contributed by atoms with Gasteiger partial charge in [0.15, 0.2) is 0 Å². The summed E-state index contributed by atoms with van der Waals surface area (Å²) in [4.78, 5) is 8.16. The van der Waals surface area contributed by atoms with Gasteiger partial charge in [0.25, 0.3) is 0 Å². The van der Waals surface area contributed by atoms with Crippen molar-refractivity contribution in [2.45, 2.75) is 19.8 Å². The Balaban J connectivity index is 2.35. The van der Waals surface area contributed by atoms with Crippen LogP contribution in [0.2, 0.25) is 5.15 Å². The van der Waals surface area contributed by atoms with E-state index in [1.165, 1.54) is 6.33 Å². The van der Waals surface area contributed by atoms with E-state index in [9.17, 15) is 0 Å². The third-order valence-electron chi connectivity index (χ3n) is 2.45. The second-order valence-electron chi connectivity index (χ2n) is 3.87. The topological polar surface area (TPSA) is 35.0 Å². The van der Waals surface area contributed by atoms with E-state index in [2.05, 4.69) is 48.8 Å². The molecule has 6 heteroatoms. The van der Waals surface area contributed by atoms with Gasteiger partial charge in [0.05, 0.1) is 10.0 Å². The molecule has 19 heavy (non-hydrogen) atoms. The lowest BCUT2D eigenvalue weighted by atomic mass is 10.2. The van der Waals surface area contributed by atoms with Crippen LogP contribution in [0.3, 0.4) is 0 Å². The highest BCUT2D eigenvalue weighted by atomic mass is 79.9. The number of benzene rings is 1. The third-order valence-corrected chi connectivity index (χ3v) is 3.89. The summed E-state index contributed by atoms with van der Waals surface area (Å²) in [6.45, 7) is 2.07. The number of hydrogen-bond donors (Lipinski definition) is 0. The van der Waals surface area contributed by atoms with Crippen LogP contribution in [0.15, 0.2) is 33.5 Å². The van der Waals surface area contributed by atoms with E-state index in [1.54, 1.807) is 0 Å². The minimum Gasteiger partial charge on any atom is -0.437 e. The van der Waals surface area contributed by atoms with E-state index < -0.39 is 0 Å². The average molecular weight is 407 g/mol. The highest BCUT2D eigenvalue weighted by Gasteiger charge is 2.12. The van der Waals surface area contributed by atoms with Gasteiger partial charge in [-0.05, 0) is 40.5 Å². The van der Waals surface area contributed by atoms with Crippen molar-refractivity contribution in [1.82, 2.24) is 9.97 Å². The van der Waals surface area contributed by atoms with Gasteiger partial charge >= 0.3 is 0 Å². The SMILES string of the molecule is CCCc1c(Cl)ncnc1Oc1ccc(Br)cc1Br. The largest absolute Gasteiger partial charge is 0.437 e. The lowest BCUT2D eigenvalue weighted by Crippen LogP contribution is -1.98. The molecule has 0 N–H and O–H groups in total. The lowest BCUT2D eigenvalue weighted by molar-refractivity contribution is 0.451. The quantitative estimate of drug-likeness (QED) is 0.638. The van der Waals surface area contributed by atoms with Crippen LogP contribution in [0.4, 0.5) is 0 Å². The summed E-state index contributed by atoms with van der Waals surface area (Å²) in [6, 6.07) is 5.68. The van der Waals surface area contributed by atoms with Gasteiger partial charge < -0.3 is 4.74 Å². The van der Waals surface area contributed by atoms with Crippen molar-refractivity contribution in [3.05, 3.63) is 44.2 Å². The van der Waals surface area contributed by atoms with Crippen molar-refractivity contribution in [1.29, 1.82) is 0 Å². The van der Waals surface area contributed by atoms with Crippen molar-refractivity contribution in [2.24, 2.45) is 0 Å². The van der Waals surface area contributed by atoms with Crippen molar-refractivity contribution < 1.29 is 4.74 Å². The highest BCUT2D eigenvalue weighted by Crippen LogP contribution is 2.34. The van der Waals surface area contributed by atoms with Crippen molar-refractivity contribution in [2.75, 3.05) is 0 Å². The molecule has 0 aliphatic carbocycles. The molecular weight excluding hydrogens is 395 g/mol. The van der Waals surface area contributed by atoms with Crippen LogP contribution < -0.4 is 4.74 Å². The van der Waals surface area contributed by atoms with E-state index in [-0.39, 0.29) is 0 Å². The van der Waals surface area contributed by atoms with E-state index >= 15 is 0 Å². The molecule has 100 valence electrons. The van der Waals surface area contributed by atoms with Gasteiger partial charge in [-0.1, -0.05) is 40.9 Å². The Morgan fingerprint density at radius 3 is 2.74 bits per heavy atom. The fourth-order valence-corrected chi connectivity index (χ4v) is 2.93. The number of rotatable bonds is 4. The summed E-state index contributed by atoms with van der Waals surface area (Å²) in [5, 5.41) is 0.445. The standard InChI is InChI=1S/C13H11Br2ClN2O/c1-2-3-9-12(16)17-7-18-13(9)19-11-5-4-8(14)6-10(11)15/h4-7H,2-3H2,1H3. The minimum atomic E-state index is 0.445. The Morgan fingerprint density at radius 2 is 2.05 bits per heavy atom. The summed E-state index contributed by atoms with van der Waals surface area (Å²) >= 11 is 12.9. The molecule has 0 fully saturated rings. The number of aromatic nitrogens is 2. The smallest absolute Gasteiger partial charge is 0.227 e. The molecule has 1 aromatic carbocycles. The van der Waals surface area contributed by atoms with Crippen LogP contribution in [0.5, 0.6) is 11.6 Å². The second-order valence-corrected chi connectivity index (χ2v) is 6.00. The molecule has 0 radical (unpaired) electrons. The van der Waals surface area contributed by atoms with E-state index in [0.29, 0.717) is 16.8 Å². The molecule has 1 heterocycles. The number of nitrogens with zero attached hydrogens (tertiary/aromatic N) is 2. The molecule has 0 atom stereocenters. The average Bonchev–Trinajstić information content (AvgIpc) is 2.37. The van der Waals surface area contributed by atoms with Gasteiger partial charge in [-0.25, -0.2) is 9.97 Å². The Kier molecular flexibility index (Phi) is 5.19. The van der Waals surface area contributed by atoms with Crippen LogP contribution in [-0.4, -0.2) is 9.97 Å². The molecule has 0 saturated carbocycles. The normalized spacial score (nSPS) is 10.5. The number of ether oxygens (including phenoxy) is 1. The van der Waals surface area contributed by atoms with Crippen LogP contribution in [0.25, 0.3) is 0 Å². The number of halogens is 3. The van der Waals surface area contributed by atoms with E-state index in [0.717, 1.165) is 27.4 Å². The molecule has 2 aromatic rings. The van der Waals surface area contributed by atoms with Crippen LogP contribution >= 0.6 is 43.5 Å². The number of hydrogen-bond acceptors (Lipinski definition) is 3. The first-order valence-electron chi connectivity index (χ1n) is 5.74. The monoisotopic (exact) mass is 404 g/mol. The van der Waals surface area contributed by atoms with Crippen LogP contribution in [0, 0.1) is 0 Å². The Hall–Kier alpha value is -0.650. The molecule has 0 aliphatic rings. The fraction of sp³-hybridized carbons (Fsp3) is 0.231. The first-order valence-corrected chi connectivity index (χ1v) is 7.70. The van der Waals surface area contributed by atoms with Gasteiger partial charge in [-0.15, -0.1) is 0 Å². The van der Waals surface area contributed by atoms with Crippen LogP contribution in [-0.2, 0) is 6.42 Å². The maximum absolute atomic E-state index is 6.09. The molecule has 2 rings (SSSR count). The van der Waals surface area contributed by atoms with Gasteiger partial charge in [-0.2, -0.15) is 0 Å². The van der Waals surface area contributed by atoms with Gasteiger partial charge in [0.2, 0.25) is 5.88 Å². The molecule has 0 amide bonds. The minimum absolute atomic E-state index is 0.445. The molecule has 0 spiro atoms. The van der Waals surface area contributed by atoms with Crippen molar-refractivity contribution >= 4 is 43.5 Å². The maximum atomic E-state index is 6.09. The third kappa shape index (κ3) is 3.68. The van der Waals surface area contributed by atoms with Crippen molar-refractivity contribution in [3.63, 3.8) is 0 Å². The molecule has 3 nitrogen and oxygen atoms in total. The molecule has 1 aromatic heterocycles. The van der Waals surface area contributed by atoms with Gasteiger partial charge in [-0.3, -0.25) is 0 Å². The molecule has 0 bridgehead atoms. The zero-order valence-corrected chi connectivity index (χ0v) is 14.1.